The lowest BCUT2D eigenvalue weighted by Gasteiger charge is -2.20. The van der Waals surface area contributed by atoms with Crippen LogP contribution in [0.5, 0.6) is 0 Å². The van der Waals surface area contributed by atoms with Crippen LogP contribution in [0.4, 0.5) is 4.39 Å². The molecule has 0 bridgehead atoms. The molecule has 1 unspecified atom stereocenters. The van der Waals surface area contributed by atoms with Gasteiger partial charge in [0.25, 0.3) is 0 Å². The molecule has 0 radical (unpaired) electrons. The Hall–Kier alpha value is -2.56. The number of sulfonamides is 1. The zero-order valence-electron chi connectivity index (χ0n) is 15.9. The Balaban J connectivity index is 1.59. The van der Waals surface area contributed by atoms with Crippen molar-refractivity contribution in [2.24, 2.45) is 0 Å². The Labute approximate surface area is 174 Å². The summed E-state index contributed by atoms with van der Waals surface area (Å²) in [5, 5.41) is 3.03. The normalized spacial score (nSPS) is 20.0. The largest absolute Gasteiger partial charge is 0.243 e. The van der Waals surface area contributed by atoms with Crippen LogP contribution < -0.4 is 0 Å². The molecule has 0 saturated carbocycles. The lowest BCUT2D eigenvalue weighted by atomic mass is 10.1. The first-order valence-corrected chi connectivity index (χ1v) is 12.5. The first-order valence-electron chi connectivity index (χ1n) is 9.35. The third-order valence-electron chi connectivity index (χ3n) is 5.19. The van der Waals surface area contributed by atoms with Crippen molar-refractivity contribution in [1.29, 1.82) is 0 Å². The van der Waals surface area contributed by atoms with Crippen LogP contribution in [0.15, 0.2) is 71.9 Å². The molecule has 0 aliphatic carbocycles. The summed E-state index contributed by atoms with van der Waals surface area (Å²) in [6, 6.07) is 13.7. The molecule has 7 nitrogen and oxygen atoms in total. The van der Waals surface area contributed by atoms with E-state index >= 15 is 0 Å². The van der Waals surface area contributed by atoms with Crippen molar-refractivity contribution in [2.45, 2.75) is 16.6 Å². The maximum atomic E-state index is 14.2. The fourth-order valence-corrected chi connectivity index (χ4v) is 6.96. The predicted molar refractivity (Wildman–Crippen MR) is 110 cm³/mol. The highest BCUT2D eigenvalue weighted by Gasteiger charge is 2.36. The Kier molecular flexibility index (Phi) is 5.48. The standard InChI is InChI=1S/C20H20FN3O4S2/c21-19-5-2-1-4-18(19)20-10-13-23(14-15-29(20,25)26)30(27,28)17-8-6-16(7-9-17)24-12-3-11-22-24/h1-9,11-12,20H,10,13-15H2. The van der Waals surface area contributed by atoms with Crippen LogP contribution in [0.25, 0.3) is 5.69 Å². The molecule has 1 atom stereocenters. The van der Waals surface area contributed by atoms with Gasteiger partial charge in [-0.1, -0.05) is 18.2 Å². The highest BCUT2D eigenvalue weighted by atomic mass is 32.2. The van der Waals surface area contributed by atoms with Gasteiger partial charge in [-0.3, -0.25) is 0 Å². The first-order chi connectivity index (χ1) is 14.3. The van der Waals surface area contributed by atoms with E-state index in [0.29, 0.717) is 5.69 Å². The van der Waals surface area contributed by atoms with Gasteiger partial charge in [-0.25, -0.2) is 25.9 Å². The molecule has 0 N–H and O–H groups in total. The van der Waals surface area contributed by atoms with Gasteiger partial charge in [-0.2, -0.15) is 9.40 Å². The van der Waals surface area contributed by atoms with E-state index in [1.807, 2.05) is 0 Å². The van der Waals surface area contributed by atoms with Crippen molar-refractivity contribution < 1.29 is 21.2 Å². The van der Waals surface area contributed by atoms with Gasteiger partial charge >= 0.3 is 0 Å². The van der Waals surface area contributed by atoms with Gasteiger partial charge in [0.05, 0.1) is 21.6 Å². The summed E-state index contributed by atoms with van der Waals surface area (Å²) in [5.74, 6) is -0.965. The minimum atomic E-state index is -3.89. The van der Waals surface area contributed by atoms with Gasteiger partial charge in [0.15, 0.2) is 9.84 Å². The lowest BCUT2D eigenvalue weighted by Crippen LogP contribution is -2.33. The maximum absolute atomic E-state index is 14.2. The third kappa shape index (κ3) is 3.90. The zero-order chi connectivity index (χ0) is 21.4. The second-order valence-corrected chi connectivity index (χ2v) is 11.3. The van der Waals surface area contributed by atoms with Crippen LogP contribution in [0.2, 0.25) is 0 Å². The molecule has 1 aliphatic rings. The second-order valence-electron chi connectivity index (χ2n) is 7.01. The molecule has 158 valence electrons. The van der Waals surface area contributed by atoms with Crippen LogP contribution in [0.1, 0.15) is 17.2 Å². The van der Waals surface area contributed by atoms with Crippen molar-refractivity contribution in [3.8, 4) is 5.69 Å². The molecular formula is C20H20FN3O4S2. The Morgan fingerprint density at radius 1 is 1.00 bits per heavy atom. The van der Waals surface area contributed by atoms with E-state index < -0.39 is 30.9 Å². The zero-order valence-corrected chi connectivity index (χ0v) is 17.6. The molecule has 10 heteroatoms. The molecule has 2 heterocycles. The van der Waals surface area contributed by atoms with E-state index in [0.717, 1.165) is 4.31 Å². The van der Waals surface area contributed by atoms with Gasteiger partial charge in [0, 0.05) is 31.0 Å². The van der Waals surface area contributed by atoms with Gasteiger partial charge < -0.3 is 0 Å². The van der Waals surface area contributed by atoms with E-state index in [2.05, 4.69) is 5.10 Å². The number of hydrogen-bond acceptors (Lipinski definition) is 5. The summed E-state index contributed by atoms with van der Waals surface area (Å²) in [5.41, 5.74) is 0.789. The number of benzene rings is 2. The molecule has 4 rings (SSSR count). The smallest absolute Gasteiger partial charge is 0.241 e. The van der Waals surface area contributed by atoms with Crippen LogP contribution in [-0.2, 0) is 19.9 Å². The van der Waals surface area contributed by atoms with E-state index in [-0.39, 0.29) is 35.7 Å². The Bertz CT molecular complexity index is 1240. The molecule has 2 aromatic carbocycles. The quantitative estimate of drug-likeness (QED) is 0.611. The van der Waals surface area contributed by atoms with E-state index in [1.165, 1.54) is 30.3 Å². The first kappa shape index (κ1) is 20.7. The van der Waals surface area contributed by atoms with Crippen LogP contribution >= 0.6 is 0 Å². The molecular weight excluding hydrogens is 429 g/mol. The molecule has 1 fully saturated rings. The van der Waals surface area contributed by atoms with Gasteiger partial charge in [-0.05, 0) is 42.8 Å². The van der Waals surface area contributed by atoms with Crippen molar-refractivity contribution in [3.63, 3.8) is 0 Å². The highest BCUT2D eigenvalue weighted by molar-refractivity contribution is 7.92. The third-order valence-corrected chi connectivity index (χ3v) is 9.22. The van der Waals surface area contributed by atoms with Crippen molar-refractivity contribution >= 4 is 19.9 Å². The summed E-state index contributed by atoms with van der Waals surface area (Å²) in [6.45, 7) is -0.183. The number of halogens is 1. The van der Waals surface area contributed by atoms with Crippen molar-refractivity contribution in [2.75, 3.05) is 18.8 Å². The monoisotopic (exact) mass is 449 g/mol. The minimum absolute atomic E-state index is 0.00608. The summed E-state index contributed by atoms with van der Waals surface area (Å²) < 4.78 is 68.6. The molecule has 1 saturated heterocycles. The van der Waals surface area contributed by atoms with Crippen molar-refractivity contribution in [1.82, 2.24) is 14.1 Å². The Morgan fingerprint density at radius 2 is 1.73 bits per heavy atom. The SMILES string of the molecule is O=S1(=O)CCN(S(=O)(=O)c2ccc(-n3cccn3)cc2)CCC1c1ccccc1F. The minimum Gasteiger partial charge on any atom is -0.241 e. The molecule has 1 aliphatic heterocycles. The second kappa shape index (κ2) is 7.93. The average molecular weight is 450 g/mol. The van der Waals surface area contributed by atoms with Crippen LogP contribution in [0.3, 0.4) is 0 Å². The summed E-state index contributed by atoms with van der Waals surface area (Å²) in [4.78, 5) is 0.0696. The predicted octanol–water partition coefficient (Wildman–Crippen LogP) is 2.56. The molecule has 0 spiro atoms. The van der Waals surface area contributed by atoms with Gasteiger partial charge in [0.1, 0.15) is 5.82 Å². The number of sulfone groups is 1. The van der Waals surface area contributed by atoms with Gasteiger partial charge in [0.2, 0.25) is 10.0 Å². The average Bonchev–Trinajstić information content (AvgIpc) is 3.21. The molecule has 0 amide bonds. The van der Waals surface area contributed by atoms with Crippen LogP contribution in [-0.4, -0.2) is 49.8 Å². The summed E-state index contributed by atoms with van der Waals surface area (Å²) >= 11 is 0. The van der Waals surface area contributed by atoms with E-state index in [9.17, 15) is 21.2 Å². The highest BCUT2D eigenvalue weighted by Crippen LogP contribution is 2.32. The fourth-order valence-electron chi connectivity index (χ4n) is 3.59. The summed E-state index contributed by atoms with van der Waals surface area (Å²) in [6.07, 6.45) is 3.36. The van der Waals surface area contributed by atoms with Crippen molar-refractivity contribution in [3.05, 3.63) is 78.4 Å². The number of hydrogen-bond donors (Lipinski definition) is 0. The Morgan fingerprint density at radius 3 is 2.40 bits per heavy atom. The number of nitrogens with zero attached hydrogens (tertiary/aromatic N) is 3. The topological polar surface area (TPSA) is 89.3 Å². The van der Waals surface area contributed by atoms with E-state index in [1.54, 1.807) is 41.3 Å². The molecule has 3 aromatic rings. The van der Waals surface area contributed by atoms with Gasteiger partial charge in [-0.15, -0.1) is 0 Å². The summed E-state index contributed by atoms with van der Waals surface area (Å²) in [7, 11) is -7.60. The van der Waals surface area contributed by atoms with Crippen LogP contribution in [0, 0.1) is 5.82 Å². The maximum Gasteiger partial charge on any atom is 0.243 e. The number of rotatable bonds is 4. The number of aromatic nitrogens is 2. The van der Waals surface area contributed by atoms with E-state index in [4.69, 9.17) is 0 Å². The lowest BCUT2D eigenvalue weighted by molar-refractivity contribution is 0.427. The molecule has 30 heavy (non-hydrogen) atoms. The molecule has 1 aromatic heterocycles. The fraction of sp³-hybridized carbons (Fsp3) is 0.250.